The molecule has 5 nitrogen and oxygen atoms in total. The van der Waals surface area contributed by atoms with E-state index in [-0.39, 0.29) is 12.5 Å². The predicted octanol–water partition coefficient (Wildman–Crippen LogP) is -0.162. The van der Waals surface area contributed by atoms with E-state index in [1.54, 1.807) is 6.08 Å². The Kier molecular flexibility index (Phi) is 4.30. The van der Waals surface area contributed by atoms with E-state index in [0.717, 1.165) is 6.42 Å². The molecule has 1 atom stereocenters. The van der Waals surface area contributed by atoms with E-state index in [2.05, 4.69) is 11.9 Å². The second-order valence-corrected chi connectivity index (χ2v) is 3.50. The molecule has 1 rings (SSSR count). The molecule has 1 aliphatic heterocycles. The number of rotatable bonds is 5. The molecule has 84 valence electrons. The summed E-state index contributed by atoms with van der Waals surface area (Å²) in [5.41, 5.74) is 0. The summed E-state index contributed by atoms with van der Waals surface area (Å²) in [4.78, 5) is 23.8. The third-order valence-electron chi connectivity index (χ3n) is 2.42. The summed E-state index contributed by atoms with van der Waals surface area (Å²) in [6, 6.07) is -0.636. The lowest BCUT2D eigenvalue weighted by Crippen LogP contribution is -2.44. The summed E-state index contributed by atoms with van der Waals surface area (Å²) >= 11 is 0. The van der Waals surface area contributed by atoms with Gasteiger partial charge < -0.3 is 15.3 Å². The number of likely N-dealkylation sites (tertiary alicyclic amines) is 1. The van der Waals surface area contributed by atoms with Gasteiger partial charge in [-0.15, -0.1) is 6.58 Å². The minimum absolute atomic E-state index is 0.151. The van der Waals surface area contributed by atoms with Crippen molar-refractivity contribution in [3.05, 3.63) is 12.7 Å². The van der Waals surface area contributed by atoms with Crippen LogP contribution in [-0.4, -0.2) is 47.6 Å². The molecule has 0 aromatic carbocycles. The second-order valence-electron chi connectivity index (χ2n) is 3.50. The minimum atomic E-state index is -0.912. The number of aliphatic carboxylic acids is 1. The maximum absolute atomic E-state index is 11.6. The van der Waals surface area contributed by atoms with E-state index in [0.29, 0.717) is 19.5 Å². The Balaban J connectivity index is 2.43. The molecule has 5 heteroatoms. The van der Waals surface area contributed by atoms with Crippen LogP contribution in [0, 0.1) is 0 Å². The molecule has 15 heavy (non-hydrogen) atoms. The standard InChI is InChI=1S/C10H16N2O3/c1-2-5-11-7-9(13)12-6-3-4-8(12)10(14)15/h2,8,11H,1,3-7H2,(H,14,15)/t8-/m0/s1. The zero-order valence-electron chi connectivity index (χ0n) is 8.61. The topological polar surface area (TPSA) is 69.6 Å². The average Bonchev–Trinajstić information content (AvgIpc) is 2.66. The van der Waals surface area contributed by atoms with E-state index in [1.807, 2.05) is 0 Å². The van der Waals surface area contributed by atoms with Crippen molar-refractivity contribution in [2.75, 3.05) is 19.6 Å². The molecule has 0 aliphatic carbocycles. The lowest BCUT2D eigenvalue weighted by molar-refractivity contribution is -0.147. The van der Waals surface area contributed by atoms with Gasteiger partial charge in [0, 0.05) is 13.1 Å². The predicted molar refractivity (Wildman–Crippen MR) is 55.4 cm³/mol. The number of carbonyl (C=O) groups excluding carboxylic acids is 1. The number of amides is 1. The molecular weight excluding hydrogens is 196 g/mol. The lowest BCUT2D eigenvalue weighted by atomic mass is 10.2. The van der Waals surface area contributed by atoms with Crippen molar-refractivity contribution in [2.24, 2.45) is 0 Å². The number of hydrogen-bond acceptors (Lipinski definition) is 3. The van der Waals surface area contributed by atoms with Gasteiger partial charge in [-0.3, -0.25) is 4.79 Å². The fourth-order valence-corrected chi connectivity index (χ4v) is 1.70. The summed E-state index contributed by atoms with van der Waals surface area (Å²) in [5.74, 6) is -1.06. The Morgan fingerprint density at radius 2 is 2.33 bits per heavy atom. The van der Waals surface area contributed by atoms with Crippen molar-refractivity contribution in [3.63, 3.8) is 0 Å². The largest absolute Gasteiger partial charge is 0.480 e. The fourth-order valence-electron chi connectivity index (χ4n) is 1.70. The van der Waals surface area contributed by atoms with E-state index < -0.39 is 12.0 Å². The number of carboxylic acid groups (broad SMARTS) is 1. The third-order valence-corrected chi connectivity index (χ3v) is 2.42. The first-order chi connectivity index (χ1) is 7.16. The van der Waals surface area contributed by atoms with Gasteiger partial charge in [0.25, 0.3) is 0 Å². The second kappa shape index (κ2) is 5.50. The molecule has 1 amide bonds. The summed E-state index contributed by atoms with van der Waals surface area (Å²) < 4.78 is 0. The molecule has 1 heterocycles. The van der Waals surface area contributed by atoms with E-state index in [1.165, 1.54) is 4.90 Å². The Morgan fingerprint density at radius 3 is 2.93 bits per heavy atom. The van der Waals surface area contributed by atoms with Crippen molar-refractivity contribution >= 4 is 11.9 Å². The van der Waals surface area contributed by atoms with Gasteiger partial charge in [0.2, 0.25) is 5.91 Å². The van der Waals surface area contributed by atoms with Gasteiger partial charge in [0.1, 0.15) is 6.04 Å². The highest BCUT2D eigenvalue weighted by Crippen LogP contribution is 2.16. The first kappa shape index (κ1) is 11.7. The third kappa shape index (κ3) is 3.06. The Morgan fingerprint density at radius 1 is 1.60 bits per heavy atom. The first-order valence-electron chi connectivity index (χ1n) is 5.00. The van der Waals surface area contributed by atoms with E-state index in [4.69, 9.17) is 5.11 Å². The van der Waals surface area contributed by atoms with Crippen LogP contribution in [0.2, 0.25) is 0 Å². The molecule has 1 fully saturated rings. The molecule has 0 radical (unpaired) electrons. The normalized spacial score (nSPS) is 20.3. The highest BCUT2D eigenvalue weighted by molar-refractivity contribution is 5.85. The molecule has 2 N–H and O–H groups in total. The molecule has 0 spiro atoms. The van der Waals surface area contributed by atoms with Gasteiger partial charge in [-0.25, -0.2) is 4.79 Å². The van der Waals surface area contributed by atoms with Crippen LogP contribution in [0.3, 0.4) is 0 Å². The molecule has 0 aromatic rings. The molecular formula is C10H16N2O3. The van der Waals surface area contributed by atoms with Crippen molar-refractivity contribution in [1.29, 1.82) is 0 Å². The Labute approximate surface area is 88.8 Å². The number of nitrogens with zero attached hydrogens (tertiary/aromatic N) is 1. The monoisotopic (exact) mass is 212 g/mol. The maximum Gasteiger partial charge on any atom is 0.326 e. The highest BCUT2D eigenvalue weighted by atomic mass is 16.4. The van der Waals surface area contributed by atoms with Crippen molar-refractivity contribution in [2.45, 2.75) is 18.9 Å². The number of nitrogens with one attached hydrogen (secondary N) is 1. The number of carbonyl (C=O) groups is 2. The summed E-state index contributed by atoms with van der Waals surface area (Å²) in [6.45, 7) is 4.79. The van der Waals surface area contributed by atoms with Crippen molar-refractivity contribution in [3.8, 4) is 0 Å². The van der Waals surface area contributed by atoms with Gasteiger partial charge in [0.05, 0.1) is 6.54 Å². The van der Waals surface area contributed by atoms with Crippen LogP contribution >= 0.6 is 0 Å². The van der Waals surface area contributed by atoms with Gasteiger partial charge in [-0.2, -0.15) is 0 Å². The van der Waals surface area contributed by atoms with E-state index in [9.17, 15) is 9.59 Å². The Bertz CT molecular complexity index is 265. The first-order valence-corrected chi connectivity index (χ1v) is 5.00. The SMILES string of the molecule is C=CCNCC(=O)N1CCC[C@H]1C(=O)O. The van der Waals surface area contributed by atoms with Crippen molar-refractivity contribution < 1.29 is 14.7 Å². The van der Waals surface area contributed by atoms with Gasteiger partial charge >= 0.3 is 5.97 Å². The van der Waals surface area contributed by atoms with Gasteiger partial charge in [-0.1, -0.05) is 6.08 Å². The summed E-state index contributed by atoms with van der Waals surface area (Å²) in [5, 5.41) is 11.7. The zero-order chi connectivity index (χ0) is 11.3. The number of carboxylic acids is 1. The fraction of sp³-hybridized carbons (Fsp3) is 0.600. The maximum atomic E-state index is 11.6. The van der Waals surface area contributed by atoms with Crippen molar-refractivity contribution in [1.82, 2.24) is 10.2 Å². The Hall–Kier alpha value is -1.36. The lowest BCUT2D eigenvalue weighted by Gasteiger charge is -2.21. The summed E-state index contributed by atoms with van der Waals surface area (Å²) in [6.07, 6.45) is 2.98. The molecule has 0 bridgehead atoms. The van der Waals surface area contributed by atoms with Crippen LogP contribution in [0.1, 0.15) is 12.8 Å². The van der Waals surface area contributed by atoms with Crippen LogP contribution < -0.4 is 5.32 Å². The van der Waals surface area contributed by atoms with Crippen LogP contribution in [0.5, 0.6) is 0 Å². The van der Waals surface area contributed by atoms with Crippen LogP contribution in [0.4, 0.5) is 0 Å². The average molecular weight is 212 g/mol. The van der Waals surface area contributed by atoms with Gasteiger partial charge in [-0.05, 0) is 12.8 Å². The van der Waals surface area contributed by atoms with Crippen LogP contribution in [0.15, 0.2) is 12.7 Å². The van der Waals surface area contributed by atoms with E-state index >= 15 is 0 Å². The minimum Gasteiger partial charge on any atom is -0.480 e. The van der Waals surface area contributed by atoms with Crippen LogP contribution in [-0.2, 0) is 9.59 Å². The smallest absolute Gasteiger partial charge is 0.326 e. The highest BCUT2D eigenvalue weighted by Gasteiger charge is 2.33. The molecule has 1 saturated heterocycles. The van der Waals surface area contributed by atoms with Gasteiger partial charge in [0.15, 0.2) is 0 Å². The van der Waals surface area contributed by atoms with Crippen LogP contribution in [0.25, 0.3) is 0 Å². The molecule has 0 saturated carbocycles. The quantitative estimate of drug-likeness (QED) is 0.490. The molecule has 0 unspecified atom stereocenters. The molecule has 1 aliphatic rings. The number of hydrogen-bond donors (Lipinski definition) is 2. The molecule has 0 aromatic heterocycles. The zero-order valence-corrected chi connectivity index (χ0v) is 8.61. The summed E-state index contributed by atoms with van der Waals surface area (Å²) in [7, 11) is 0.